The number of hydrogen-bond acceptors (Lipinski definition) is 4. The number of benzene rings is 9. The van der Waals surface area contributed by atoms with Crippen LogP contribution >= 0.6 is 0 Å². The Labute approximate surface area is 360 Å². The number of aromatic nitrogens is 3. The molecule has 0 unspecified atom stereocenters. The van der Waals surface area contributed by atoms with Crippen LogP contribution in [0.2, 0.25) is 0 Å². The molecule has 290 valence electrons. The molecule has 1 aliphatic carbocycles. The van der Waals surface area contributed by atoms with Crippen LogP contribution in [0.5, 0.6) is 11.5 Å². The first-order valence-corrected chi connectivity index (χ1v) is 21.0. The van der Waals surface area contributed by atoms with E-state index in [2.05, 4.69) is 212 Å². The number of ether oxygens (including phenoxy) is 1. The lowest BCUT2D eigenvalue weighted by Crippen LogP contribution is -2.32. The molecular weight excluding hydrogens is 755 g/mol. The summed E-state index contributed by atoms with van der Waals surface area (Å²) in [5.74, 6) is 3.51. The fraction of sp³-hybridized carbons (Fsp3) is 0.0172. The molecule has 12 rings (SSSR count). The fourth-order valence-corrected chi connectivity index (χ4v) is 9.63. The van der Waals surface area contributed by atoms with E-state index in [9.17, 15) is 0 Å². The molecule has 0 saturated carbocycles. The smallest absolute Gasteiger partial charge is 0.164 e. The molecule has 4 heteroatoms. The van der Waals surface area contributed by atoms with Crippen LogP contribution in [-0.2, 0) is 5.41 Å². The number of hydrogen-bond donors (Lipinski definition) is 0. The molecule has 0 fully saturated rings. The van der Waals surface area contributed by atoms with Gasteiger partial charge in [-0.1, -0.05) is 200 Å². The summed E-state index contributed by atoms with van der Waals surface area (Å²) in [6, 6.07) is 79.0. The van der Waals surface area contributed by atoms with Crippen LogP contribution < -0.4 is 4.74 Å². The predicted molar refractivity (Wildman–Crippen MR) is 250 cm³/mol. The summed E-state index contributed by atoms with van der Waals surface area (Å²) < 4.78 is 7.03. The lowest BCUT2D eigenvalue weighted by atomic mass is 9.65. The maximum atomic E-state index is 7.03. The van der Waals surface area contributed by atoms with E-state index in [-0.39, 0.29) is 0 Å². The average Bonchev–Trinajstić information content (AvgIpc) is 3.65. The molecule has 0 N–H and O–H groups in total. The molecule has 0 bridgehead atoms. The summed E-state index contributed by atoms with van der Waals surface area (Å²) in [5, 5.41) is 0. The van der Waals surface area contributed by atoms with Crippen molar-refractivity contribution >= 4 is 0 Å². The summed E-state index contributed by atoms with van der Waals surface area (Å²) in [6.45, 7) is 0. The van der Waals surface area contributed by atoms with Crippen molar-refractivity contribution in [2.75, 3.05) is 0 Å². The molecule has 0 radical (unpaired) electrons. The number of nitrogens with zero attached hydrogens (tertiary/aromatic N) is 3. The van der Waals surface area contributed by atoms with E-state index in [1.54, 1.807) is 0 Å². The summed E-state index contributed by atoms with van der Waals surface area (Å²) in [4.78, 5) is 15.6. The number of rotatable bonds is 6. The van der Waals surface area contributed by atoms with E-state index < -0.39 is 5.41 Å². The van der Waals surface area contributed by atoms with Crippen molar-refractivity contribution < 1.29 is 4.74 Å². The molecule has 2 heterocycles. The van der Waals surface area contributed by atoms with Crippen LogP contribution in [0.1, 0.15) is 22.3 Å². The number of fused-ring (bicyclic) bond motifs is 9. The monoisotopic (exact) mass is 791 g/mol. The molecule has 0 amide bonds. The van der Waals surface area contributed by atoms with Crippen molar-refractivity contribution in [3.05, 3.63) is 247 Å². The highest BCUT2D eigenvalue weighted by Crippen LogP contribution is 2.63. The van der Waals surface area contributed by atoms with Gasteiger partial charge in [-0.05, 0) is 74.3 Å². The summed E-state index contributed by atoms with van der Waals surface area (Å²) in [7, 11) is 0. The van der Waals surface area contributed by atoms with Crippen molar-refractivity contribution in [1.82, 2.24) is 15.0 Å². The van der Waals surface area contributed by atoms with Gasteiger partial charge >= 0.3 is 0 Å². The Bertz CT molecular complexity index is 3190. The lowest BCUT2D eigenvalue weighted by molar-refractivity contribution is 0.438. The zero-order valence-corrected chi connectivity index (χ0v) is 33.6. The Kier molecular flexibility index (Phi) is 8.36. The first kappa shape index (κ1) is 35.7. The Hall–Kier alpha value is -8.21. The molecule has 1 aliphatic heterocycles. The van der Waals surface area contributed by atoms with E-state index in [1.807, 2.05) is 12.1 Å². The van der Waals surface area contributed by atoms with Crippen LogP contribution in [0.4, 0.5) is 0 Å². The Morgan fingerprint density at radius 1 is 0.274 bits per heavy atom. The standard InChI is InChI=1S/C58H37N3O/c1-3-17-38(18-4-1)40-21-13-24-43(35-40)55-59-56(44-25-14-22-41(36-44)39-19-5-2-6-20-39)61-57(60-55)45-26-15-23-42(37-45)46-29-16-33-52-54(46)62-53-34-12-11-32-51(53)58(52)49-30-9-7-27-47(49)48-28-8-10-31-50(48)58/h1-37H. The highest BCUT2D eigenvalue weighted by atomic mass is 16.5. The quantitative estimate of drug-likeness (QED) is 0.168. The van der Waals surface area contributed by atoms with E-state index in [1.165, 1.54) is 22.3 Å². The summed E-state index contributed by atoms with van der Waals surface area (Å²) in [6.07, 6.45) is 0. The van der Waals surface area contributed by atoms with Crippen molar-refractivity contribution in [3.63, 3.8) is 0 Å². The van der Waals surface area contributed by atoms with Crippen LogP contribution in [0.3, 0.4) is 0 Å². The minimum Gasteiger partial charge on any atom is -0.456 e. The minimum absolute atomic E-state index is 0.550. The summed E-state index contributed by atoms with van der Waals surface area (Å²) >= 11 is 0. The van der Waals surface area contributed by atoms with Gasteiger partial charge < -0.3 is 4.74 Å². The van der Waals surface area contributed by atoms with Crippen molar-refractivity contribution in [1.29, 1.82) is 0 Å². The molecular formula is C58H37N3O. The van der Waals surface area contributed by atoms with Gasteiger partial charge in [0.25, 0.3) is 0 Å². The third kappa shape index (κ3) is 5.72. The Morgan fingerprint density at radius 3 is 1.19 bits per heavy atom. The molecule has 4 nitrogen and oxygen atoms in total. The second-order valence-corrected chi connectivity index (χ2v) is 15.9. The van der Waals surface area contributed by atoms with E-state index in [0.29, 0.717) is 17.5 Å². The zero-order chi connectivity index (χ0) is 41.0. The molecule has 1 aromatic heterocycles. The highest BCUT2D eigenvalue weighted by Gasteiger charge is 2.51. The zero-order valence-electron chi connectivity index (χ0n) is 33.6. The fourth-order valence-electron chi connectivity index (χ4n) is 9.63. The molecule has 1 spiro atoms. The Morgan fingerprint density at radius 2 is 0.645 bits per heavy atom. The minimum atomic E-state index is -0.550. The van der Waals surface area contributed by atoms with Crippen molar-refractivity contribution in [2.24, 2.45) is 0 Å². The van der Waals surface area contributed by atoms with Gasteiger partial charge in [-0.3, -0.25) is 0 Å². The lowest BCUT2D eigenvalue weighted by Gasteiger charge is -2.40. The van der Waals surface area contributed by atoms with Gasteiger partial charge in [0, 0.05) is 33.4 Å². The second kappa shape index (κ2) is 14.5. The highest BCUT2D eigenvalue weighted by molar-refractivity contribution is 5.90. The normalized spacial score (nSPS) is 12.8. The average molecular weight is 792 g/mol. The van der Waals surface area contributed by atoms with Gasteiger partial charge in [0.15, 0.2) is 17.5 Å². The van der Waals surface area contributed by atoms with Crippen LogP contribution in [0, 0.1) is 0 Å². The molecule has 62 heavy (non-hydrogen) atoms. The first-order chi connectivity index (χ1) is 30.7. The van der Waals surface area contributed by atoms with Gasteiger partial charge in [-0.15, -0.1) is 0 Å². The SMILES string of the molecule is c1ccc(-c2cccc(-c3nc(-c4cccc(-c5ccccc5)c4)nc(-c4cccc(-c5cccc6c5Oc5ccccc5C65c6ccccc6-c6ccccc65)c4)n3)c2)cc1. The van der Waals surface area contributed by atoms with Gasteiger partial charge in [0.05, 0.1) is 5.41 Å². The van der Waals surface area contributed by atoms with Gasteiger partial charge in [-0.25, -0.2) is 15.0 Å². The molecule has 9 aromatic carbocycles. The maximum absolute atomic E-state index is 7.03. The molecule has 0 saturated heterocycles. The second-order valence-electron chi connectivity index (χ2n) is 15.9. The van der Waals surface area contributed by atoms with Crippen LogP contribution in [0.15, 0.2) is 224 Å². The topological polar surface area (TPSA) is 47.9 Å². The van der Waals surface area contributed by atoms with Crippen LogP contribution in [-0.4, -0.2) is 15.0 Å². The third-order valence-electron chi connectivity index (χ3n) is 12.4. The van der Waals surface area contributed by atoms with E-state index in [4.69, 9.17) is 19.7 Å². The third-order valence-corrected chi connectivity index (χ3v) is 12.4. The molecule has 10 aromatic rings. The van der Waals surface area contributed by atoms with Crippen molar-refractivity contribution in [3.8, 4) is 90.2 Å². The number of para-hydroxylation sites is 2. The van der Waals surface area contributed by atoms with Crippen molar-refractivity contribution in [2.45, 2.75) is 5.41 Å². The van der Waals surface area contributed by atoms with E-state index in [0.717, 1.165) is 72.7 Å². The predicted octanol–water partition coefficient (Wildman–Crippen LogP) is 14.3. The van der Waals surface area contributed by atoms with Gasteiger partial charge in [0.2, 0.25) is 0 Å². The summed E-state index contributed by atoms with van der Waals surface area (Å²) in [5.41, 5.74) is 15.9. The van der Waals surface area contributed by atoms with Gasteiger partial charge in [-0.2, -0.15) is 0 Å². The van der Waals surface area contributed by atoms with Gasteiger partial charge in [0.1, 0.15) is 11.5 Å². The molecule has 2 aliphatic rings. The maximum Gasteiger partial charge on any atom is 0.164 e. The first-order valence-electron chi connectivity index (χ1n) is 21.0. The molecule has 0 atom stereocenters. The largest absolute Gasteiger partial charge is 0.456 e. The van der Waals surface area contributed by atoms with Crippen LogP contribution in [0.25, 0.3) is 78.7 Å². The Balaban J connectivity index is 1.03. The van der Waals surface area contributed by atoms with E-state index >= 15 is 0 Å².